The van der Waals surface area contributed by atoms with Crippen molar-refractivity contribution in [1.82, 2.24) is 0 Å². The molecule has 0 saturated heterocycles. The molecule has 0 aliphatic heterocycles. The molecule has 0 radical (unpaired) electrons. The SMILES string of the molecule is CCC(=O)COc1cccc(NC(C)=O)c1. The Hall–Kier alpha value is -1.84. The number of rotatable bonds is 5. The van der Waals surface area contributed by atoms with Gasteiger partial charge < -0.3 is 10.1 Å². The molecule has 0 atom stereocenters. The molecule has 86 valence electrons. The lowest BCUT2D eigenvalue weighted by Crippen LogP contribution is -2.10. The van der Waals surface area contributed by atoms with Gasteiger partial charge in [0.05, 0.1) is 0 Å². The number of Topliss-reactive ketones (excluding diaryl/α,β-unsaturated/α-hetero) is 1. The van der Waals surface area contributed by atoms with Crippen LogP contribution in [0.3, 0.4) is 0 Å². The van der Waals surface area contributed by atoms with E-state index in [9.17, 15) is 9.59 Å². The summed E-state index contributed by atoms with van der Waals surface area (Å²) in [6.45, 7) is 3.30. The number of nitrogens with one attached hydrogen (secondary N) is 1. The molecular weight excluding hydrogens is 206 g/mol. The number of anilines is 1. The summed E-state index contributed by atoms with van der Waals surface area (Å²) in [5.41, 5.74) is 0.661. The first-order chi connectivity index (χ1) is 7.61. The summed E-state index contributed by atoms with van der Waals surface area (Å²) in [6, 6.07) is 6.95. The molecule has 1 N–H and O–H groups in total. The maximum absolute atomic E-state index is 11.1. The van der Waals surface area contributed by atoms with Crippen LogP contribution in [0.2, 0.25) is 0 Å². The molecular formula is C12H15NO3. The predicted octanol–water partition coefficient (Wildman–Crippen LogP) is 2.00. The van der Waals surface area contributed by atoms with E-state index in [1.165, 1.54) is 6.92 Å². The molecule has 0 fully saturated rings. The Morgan fingerprint density at radius 2 is 2.12 bits per heavy atom. The lowest BCUT2D eigenvalue weighted by molar-refractivity contribution is -0.120. The smallest absolute Gasteiger partial charge is 0.221 e. The van der Waals surface area contributed by atoms with Gasteiger partial charge in [-0.3, -0.25) is 9.59 Å². The average Bonchev–Trinajstić information content (AvgIpc) is 2.25. The Kier molecular flexibility index (Phi) is 4.51. The molecule has 0 saturated carbocycles. The molecule has 16 heavy (non-hydrogen) atoms. The van der Waals surface area contributed by atoms with Crippen molar-refractivity contribution in [3.05, 3.63) is 24.3 Å². The van der Waals surface area contributed by atoms with Crippen LogP contribution in [0.5, 0.6) is 5.75 Å². The second-order valence-electron chi connectivity index (χ2n) is 3.39. The van der Waals surface area contributed by atoms with E-state index >= 15 is 0 Å². The van der Waals surface area contributed by atoms with Gasteiger partial charge in [0.2, 0.25) is 5.91 Å². The first-order valence-electron chi connectivity index (χ1n) is 5.14. The van der Waals surface area contributed by atoms with Crippen LogP contribution in [0.25, 0.3) is 0 Å². The number of ketones is 1. The third-order valence-corrected chi connectivity index (χ3v) is 1.95. The number of hydrogen-bond donors (Lipinski definition) is 1. The maximum Gasteiger partial charge on any atom is 0.221 e. The van der Waals surface area contributed by atoms with Gasteiger partial charge in [-0.2, -0.15) is 0 Å². The van der Waals surface area contributed by atoms with Crippen LogP contribution in [-0.2, 0) is 9.59 Å². The largest absolute Gasteiger partial charge is 0.486 e. The minimum atomic E-state index is -0.137. The van der Waals surface area contributed by atoms with Gasteiger partial charge in [0.15, 0.2) is 5.78 Å². The first-order valence-corrected chi connectivity index (χ1v) is 5.14. The molecule has 1 aromatic rings. The van der Waals surface area contributed by atoms with Crippen LogP contribution in [-0.4, -0.2) is 18.3 Å². The summed E-state index contributed by atoms with van der Waals surface area (Å²) >= 11 is 0. The van der Waals surface area contributed by atoms with Crippen molar-refractivity contribution in [2.75, 3.05) is 11.9 Å². The molecule has 4 heteroatoms. The molecule has 0 aliphatic rings. The molecule has 0 aliphatic carbocycles. The highest BCUT2D eigenvalue weighted by atomic mass is 16.5. The quantitative estimate of drug-likeness (QED) is 0.827. The van der Waals surface area contributed by atoms with Crippen LogP contribution in [0.4, 0.5) is 5.69 Å². The highest BCUT2D eigenvalue weighted by molar-refractivity contribution is 5.88. The lowest BCUT2D eigenvalue weighted by atomic mass is 10.3. The van der Waals surface area contributed by atoms with E-state index < -0.39 is 0 Å². The summed E-state index contributed by atoms with van der Waals surface area (Å²) in [7, 11) is 0. The van der Waals surface area contributed by atoms with E-state index in [4.69, 9.17) is 4.74 Å². The lowest BCUT2D eigenvalue weighted by Gasteiger charge is -2.07. The van der Waals surface area contributed by atoms with Crippen molar-refractivity contribution in [2.45, 2.75) is 20.3 Å². The van der Waals surface area contributed by atoms with Crippen molar-refractivity contribution in [3.63, 3.8) is 0 Å². The Balaban J connectivity index is 2.60. The number of hydrogen-bond acceptors (Lipinski definition) is 3. The van der Waals surface area contributed by atoms with Crippen LogP contribution in [0.15, 0.2) is 24.3 Å². The second-order valence-corrected chi connectivity index (χ2v) is 3.39. The van der Waals surface area contributed by atoms with Gasteiger partial charge in [0, 0.05) is 25.1 Å². The number of carbonyl (C=O) groups is 2. The number of carbonyl (C=O) groups excluding carboxylic acids is 2. The molecule has 4 nitrogen and oxygen atoms in total. The van der Waals surface area contributed by atoms with Gasteiger partial charge in [-0.1, -0.05) is 13.0 Å². The number of ether oxygens (including phenoxy) is 1. The van der Waals surface area contributed by atoms with E-state index in [0.29, 0.717) is 17.9 Å². The van der Waals surface area contributed by atoms with Gasteiger partial charge >= 0.3 is 0 Å². The highest BCUT2D eigenvalue weighted by Crippen LogP contribution is 2.17. The van der Waals surface area contributed by atoms with Gasteiger partial charge in [0.1, 0.15) is 12.4 Å². The zero-order chi connectivity index (χ0) is 12.0. The fourth-order valence-electron chi connectivity index (χ4n) is 1.13. The topological polar surface area (TPSA) is 55.4 Å². The van der Waals surface area contributed by atoms with Crippen molar-refractivity contribution in [1.29, 1.82) is 0 Å². The predicted molar refractivity (Wildman–Crippen MR) is 61.5 cm³/mol. The molecule has 1 aromatic carbocycles. The standard InChI is InChI=1S/C12H15NO3/c1-3-11(15)8-16-12-6-4-5-10(7-12)13-9(2)14/h4-7H,3,8H2,1-2H3,(H,13,14). The Morgan fingerprint density at radius 3 is 2.75 bits per heavy atom. The Labute approximate surface area is 94.6 Å². The second kappa shape index (κ2) is 5.90. The van der Waals surface area contributed by atoms with Crippen molar-refractivity contribution < 1.29 is 14.3 Å². The van der Waals surface area contributed by atoms with Crippen molar-refractivity contribution in [2.24, 2.45) is 0 Å². The van der Waals surface area contributed by atoms with E-state index in [0.717, 1.165) is 0 Å². The molecule has 1 amide bonds. The number of amides is 1. The normalized spacial score (nSPS) is 9.62. The zero-order valence-corrected chi connectivity index (χ0v) is 9.45. The zero-order valence-electron chi connectivity index (χ0n) is 9.45. The van der Waals surface area contributed by atoms with E-state index in [1.807, 2.05) is 0 Å². The monoisotopic (exact) mass is 221 g/mol. The third-order valence-electron chi connectivity index (χ3n) is 1.95. The highest BCUT2D eigenvalue weighted by Gasteiger charge is 2.01. The minimum absolute atomic E-state index is 0.0462. The Bertz CT molecular complexity index is 388. The third kappa shape index (κ3) is 4.13. The molecule has 0 bridgehead atoms. The van der Waals surface area contributed by atoms with Crippen LogP contribution < -0.4 is 10.1 Å². The van der Waals surface area contributed by atoms with Crippen LogP contribution >= 0.6 is 0 Å². The van der Waals surface area contributed by atoms with Crippen molar-refractivity contribution >= 4 is 17.4 Å². The summed E-state index contributed by atoms with van der Waals surface area (Å²) < 4.78 is 5.28. The average molecular weight is 221 g/mol. The van der Waals surface area contributed by atoms with E-state index in [-0.39, 0.29) is 18.3 Å². The summed E-state index contributed by atoms with van der Waals surface area (Å²) in [5.74, 6) is 0.486. The van der Waals surface area contributed by atoms with Crippen LogP contribution in [0.1, 0.15) is 20.3 Å². The van der Waals surface area contributed by atoms with E-state index in [2.05, 4.69) is 5.32 Å². The summed E-state index contributed by atoms with van der Waals surface area (Å²) in [4.78, 5) is 21.9. The summed E-state index contributed by atoms with van der Waals surface area (Å²) in [6.07, 6.45) is 0.464. The first kappa shape index (κ1) is 12.2. The van der Waals surface area contributed by atoms with Gasteiger partial charge in [-0.05, 0) is 12.1 Å². The van der Waals surface area contributed by atoms with Gasteiger partial charge in [0.25, 0.3) is 0 Å². The van der Waals surface area contributed by atoms with Crippen LogP contribution in [0, 0.1) is 0 Å². The molecule has 0 heterocycles. The molecule has 0 aromatic heterocycles. The van der Waals surface area contributed by atoms with Gasteiger partial charge in [-0.15, -0.1) is 0 Å². The molecule has 0 spiro atoms. The van der Waals surface area contributed by atoms with Crippen molar-refractivity contribution in [3.8, 4) is 5.75 Å². The summed E-state index contributed by atoms with van der Waals surface area (Å²) in [5, 5.41) is 2.64. The van der Waals surface area contributed by atoms with Gasteiger partial charge in [-0.25, -0.2) is 0 Å². The number of benzene rings is 1. The maximum atomic E-state index is 11.1. The minimum Gasteiger partial charge on any atom is -0.486 e. The molecule has 1 rings (SSSR count). The fraction of sp³-hybridized carbons (Fsp3) is 0.333. The Morgan fingerprint density at radius 1 is 1.38 bits per heavy atom. The molecule has 0 unspecified atom stereocenters. The van der Waals surface area contributed by atoms with E-state index in [1.54, 1.807) is 31.2 Å². The fourth-order valence-corrected chi connectivity index (χ4v) is 1.13.